The Morgan fingerprint density at radius 2 is 2.05 bits per heavy atom. The number of carbonyl (C=O) groups excluding carboxylic acids is 1. The highest BCUT2D eigenvalue weighted by atomic mass is 16.5. The first-order chi connectivity index (χ1) is 9.99. The Labute approximate surface area is 126 Å². The molecule has 1 aliphatic rings. The van der Waals surface area contributed by atoms with Gasteiger partial charge < -0.3 is 19.7 Å². The molecule has 5 heteroatoms. The lowest BCUT2D eigenvalue weighted by Crippen LogP contribution is -2.52. The molecule has 3 atom stereocenters. The van der Waals surface area contributed by atoms with Gasteiger partial charge in [0.05, 0.1) is 19.3 Å². The topological polar surface area (TPSA) is 50.8 Å². The summed E-state index contributed by atoms with van der Waals surface area (Å²) in [5.74, 6) is 0.869. The fourth-order valence-corrected chi connectivity index (χ4v) is 2.66. The van der Waals surface area contributed by atoms with Gasteiger partial charge in [0.1, 0.15) is 11.8 Å². The Bertz CT molecular complexity index is 482. The molecule has 1 heterocycles. The zero-order chi connectivity index (χ0) is 15.4. The fraction of sp³-hybridized carbons (Fsp3) is 0.562. The van der Waals surface area contributed by atoms with E-state index in [2.05, 4.69) is 5.32 Å². The van der Waals surface area contributed by atoms with Crippen molar-refractivity contribution in [1.29, 1.82) is 0 Å². The molecule has 1 amide bonds. The van der Waals surface area contributed by atoms with Crippen LogP contribution in [0.25, 0.3) is 0 Å². The summed E-state index contributed by atoms with van der Waals surface area (Å²) in [6, 6.07) is 7.31. The molecule has 116 valence electrons. The fourth-order valence-electron chi connectivity index (χ4n) is 2.66. The molecule has 21 heavy (non-hydrogen) atoms. The summed E-state index contributed by atoms with van der Waals surface area (Å²) in [7, 11) is 1.63. The standard InChI is InChI=1S/C16H24N2O3/c1-11-9-18(10-12(2)21-11)16(19)13(3)17-14-6-5-7-15(8-14)20-4/h5-8,11-13,17H,9-10H2,1-4H3/t11-,12+,13-/m1/s1. The SMILES string of the molecule is COc1cccc(N[C@H](C)C(=O)N2C[C@@H](C)O[C@@H](C)C2)c1. The molecule has 1 aromatic rings. The first kappa shape index (κ1) is 15.6. The Kier molecular flexibility index (Phi) is 5.07. The van der Waals surface area contributed by atoms with Crippen LogP contribution in [0.5, 0.6) is 5.75 Å². The monoisotopic (exact) mass is 292 g/mol. The lowest BCUT2D eigenvalue weighted by Gasteiger charge is -2.36. The number of anilines is 1. The van der Waals surface area contributed by atoms with Crippen LogP contribution < -0.4 is 10.1 Å². The van der Waals surface area contributed by atoms with Gasteiger partial charge in [-0.3, -0.25) is 4.79 Å². The zero-order valence-electron chi connectivity index (χ0n) is 13.1. The first-order valence-electron chi connectivity index (χ1n) is 7.34. The van der Waals surface area contributed by atoms with Gasteiger partial charge in [0.15, 0.2) is 0 Å². The van der Waals surface area contributed by atoms with Gasteiger partial charge in [0, 0.05) is 24.8 Å². The van der Waals surface area contributed by atoms with Crippen molar-refractivity contribution in [1.82, 2.24) is 4.90 Å². The Morgan fingerprint density at radius 3 is 2.67 bits per heavy atom. The third kappa shape index (κ3) is 4.11. The minimum atomic E-state index is -0.283. The number of ether oxygens (including phenoxy) is 2. The van der Waals surface area contributed by atoms with E-state index < -0.39 is 0 Å². The van der Waals surface area contributed by atoms with Crippen LogP contribution in [0, 0.1) is 0 Å². The Balaban J connectivity index is 1.98. The minimum Gasteiger partial charge on any atom is -0.497 e. The van der Waals surface area contributed by atoms with Crippen molar-refractivity contribution in [2.75, 3.05) is 25.5 Å². The molecule has 1 saturated heterocycles. The first-order valence-corrected chi connectivity index (χ1v) is 7.34. The largest absolute Gasteiger partial charge is 0.497 e. The maximum absolute atomic E-state index is 12.5. The second kappa shape index (κ2) is 6.80. The highest BCUT2D eigenvalue weighted by molar-refractivity contribution is 5.84. The molecule has 0 unspecified atom stereocenters. The van der Waals surface area contributed by atoms with E-state index in [4.69, 9.17) is 9.47 Å². The molecule has 2 rings (SSSR count). The number of benzene rings is 1. The van der Waals surface area contributed by atoms with Gasteiger partial charge in [-0.05, 0) is 32.9 Å². The number of methoxy groups -OCH3 is 1. The average molecular weight is 292 g/mol. The second-order valence-corrected chi connectivity index (χ2v) is 5.60. The molecule has 0 aromatic heterocycles. The van der Waals surface area contributed by atoms with Crippen LogP contribution in [-0.2, 0) is 9.53 Å². The summed E-state index contributed by atoms with van der Waals surface area (Å²) in [5.41, 5.74) is 0.879. The summed E-state index contributed by atoms with van der Waals surface area (Å²) in [5, 5.41) is 3.23. The number of nitrogens with zero attached hydrogens (tertiary/aromatic N) is 1. The van der Waals surface area contributed by atoms with E-state index >= 15 is 0 Å². The van der Waals surface area contributed by atoms with Gasteiger partial charge in [0.2, 0.25) is 5.91 Å². The number of morpholine rings is 1. The summed E-state index contributed by atoms with van der Waals surface area (Å²) in [4.78, 5) is 14.4. The van der Waals surface area contributed by atoms with Crippen molar-refractivity contribution in [2.24, 2.45) is 0 Å². The molecule has 0 aliphatic carbocycles. The summed E-state index contributed by atoms with van der Waals surface area (Å²) < 4.78 is 10.9. The summed E-state index contributed by atoms with van der Waals surface area (Å²) in [6.45, 7) is 7.17. The third-order valence-electron chi connectivity index (χ3n) is 3.55. The predicted molar refractivity (Wildman–Crippen MR) is 82.7 cm³/mol. The molecular formula is C16H24N2O3. The van der Waals surface area contributed by atoms with Crippen molar-refractivity contribution in [3.05, 3.63) is 24.3 Å². The van der Waals surface area contributed by atoms with Gasteiger partial charge in [-0.1, -0.05) is 6.07 Å². The van der Waals surface area contributed by atoms with Gasteiger partial charge in [-0.25, -0.2) is 0 Å². The number of amides is 1. The normalized spacial score (nSPS) is 23.5. The van der Waals surface area contributed by atoms with Gasteiger partial charge in [-0.2, -0.15) is 0 Å². The number of carbonyl (C=O) groups is 1. The van der Waals surface area contributed by atoms with E-state index in [1.807, 2.05) is 49.9 Å². The van der Waals surface area contributed by atoms with Gasteiger partial charge in [0.25, 0.3) is 0 Å². The van der Waals surface area contributed by atoms with Crippen LogP contribution in [-0.4, -0.2) is 49.3 Å². The van der Waals surface area contributed by atoms with Crippen LogP contribution in [0.3, 0.4) is 0 Å². The van der Waals surface area contributed by atoms with Crippen molar-refractivity contribution in [2.45, 2.75) is 39.0 Å². The Morgan fingerprint density at radius 1 is 1.38 bits per heavy atom. The maximum Gasteiger partial charge on any atom is 0.244 e. The van der Waals surface area contributed by atoms with E-state index in [0.717, 1.165) is 11.4 Å². The highest BCUT2D eigenvalue weighted by Crippen LogP contribution is 2.18. The van der Waals surface area contributed by atoms with Gasteiger partial charge >= 0.3 is 0 Å². The van der Waals surface area contributed by atoms with Crippen LogP contribution in [0.1, 0.15) is 20.8 Å². The van der Waals surface area contributed by atoms with E-state index in [-0.39, 0.29) is 24.2 Å². The molecule has 1 aromatic carbocycles. The lowest BCUT2D eigenvalue weighted by atomic mass is 10.2. The molecule has 1 N–H and O–H groups in total. The van der Waals surface area contributed by atoms with Crippen molar-refractivity contribution >= 4 is 11.6 Å². The average Bonchev–Trinajstić information content (AvgIpc) is 2.45. The molecule has 0 bridgehead atoms. The molecule has 0 saturated carbocycles. The van der Waals surface area contributed by atoms with E-state index in [0.29, 0.717) is 13.1 Å². The van der Waals surface area contributed by atoms with E-state index in [1.54, 1.807) is 7.11 Å². The second-order valence-electron chi connectivity index (χ2n) is 5.60. The molecule has 1 aliphatic heterocycles. The number of rotatable bonds is 4. The molecular weight excluding hydrogens is 268 g/mol. The van der Waals surface area contributed by atoms with Crippen LogP contribution in [0.4, 0.5) is 5.69 Å². The van der Waals surface area contributed by atoms with Crippen molar-refractivity contribution < 1.29 is 14.3 Å². The van der Waals surface area contributed by atoms with Crippen LogP contribution in [0.2, 0.25) is 0 Å². The summed E-state index contributed by atoms with van der Waals surface area (Å²) in [6.07, 6.45) is 0.170. The Hall–Kier alpha value is -1.75. The van der Waals surface area contributed by atoms with E-state index in [9.17, 15) is 4.79 Å². The smallest absolute Gasteiger partial charge is 0.244 e. The number of nitrogens with one attached hydrogen (secondary N) is 1. The lowest BCUT2D eigenvalue weighted by molar-refractivity contribution is -0.143. The van der Waals surface area contributed by atoms with Crippen LogP contribution >= 0.6 is 0 Å². The highest BCUT2D eigenvalue weighted by Gasteiger charge is 2.28. The van der Waals surface area contributed by atoms with E-state index in [1.165, 1.54) is 0 Å². The summed E-state index contributed by atoms with van der Waals surface area (Å²) >= 11 is 0. The van der Waals surface area contributed by atoms with Crippen LogP contribution in [0.15, 0.2) is 24.3 Å². The maximum atomic E-state index is 12.5. The molecule has 1 fully saturated rings. The zero-order valence-corrected chi connectivity index (χ0v) is 13.1. The number of hydrogen-bond donors (Lipinski definition) is 1. The molecule has 0 spiro atoms. The molecule has 0 radical (unpaired) electrons. The van der Waals surface area contributed by atoms with Crippen molar-refractivity contribution in [3.8, 4) is 5.75 Å². The third-order valence-corrected chi connectivity index (χ3v) is 3.55. The van der Waals surface area contributed by atoms with Crippen molar-refractivity contribution in [3.63, 3.8) is 0 Å². The quantitative estimate of drug-likeness (QED) is 0.923. The predicted octanol–water partition coefficient (Wildman–Crippen LogP) is 2.13. The number of hydrogen-bond acceptors (Lipinski definition) is 4. The molecule has 5 nitrogen and oxygen atoms in total. The minimum absolute atomic E-state index is 0.0849. The van der Waals surface area contributed by atoms with Gasteiger partial charge in [-0.15, -0.1) is 0 Å².